The molecule has 0 N–H and O–H groups in total. The smallest absolute Gasteiger partial charge is 0.243 e. The molecule has 0 unspecified atom stereocenters. The molecule has 0 spiro atoms. The highest BCUT2D eigenvalue weighted by Crippen LogP contribution is 2.27. The van der Waals surface area contributed by atoms with Crippen LogP contribution in [0.4, 0.5) is 5.69 Å². The molecule has 0 bridgehead atoms. The Bertz CT molecular complexity index is 1490. The molecular weight excluding hydrogens is 490 g/mol. The van der Waals surface area contributed by atoms with Crippen LogP contribution in [0.5, 0.6) is 0 Å². The van der Waals surface area contributed by atoms with E-state index < -0.39 is 10.0 Å². The Balaban J connectivity index is 1.57. The van der Waals surface area contributed by atoms with Gasteiger partial charge in [0.05, 0.1) is 35.0 Å². The van der Waals surface area contributed by atoms with Crippen LogP contribution in [-0.2, 0) is 21.3 Å². The first kappa shape index (κ1) is 24.6. The topological polar surface area (TPSA) is 63.9 Å². The van der Waals surface area contributed by atoms with Crippen LogP contribution in [0, 0.1) is 0 Å². The monoisotopic (exact) mass is 519 g/mol. The molecule has 2 heterocycles. The highest BCUT2D eigenvalue weighted by atomic mass is 32.2. The molecular formula is C28H29N3O3S2. The van der Waals surface area contributed by atoms with Gasteiger partial charge in [-0.15, -0.1) is 11.3 Å². The van der Waals surface area contributed by atoms with E-state index in [9.17, 15) is 8.42 Å². The van der Waals surface area contributed by atoms with Gasteiger partial charge in [-0.2, -0.15) is 4.31 Å². The Morgan fingerprint density at radius 1 is 0.917 bits per heavy atom. The Morgan fingerprint density at radius 2 is 1.58 bits per heavy atom. The molecule has 186 valence electrons. The normalized spacial score (nSPS) is 19.4. The number of nitrogens with zero attached hydrogens (tertiary/aromatic N) is 3. The van der Waals surface area contributed by atoms with Gasteiger partial charge in [-0.1, -0.05) is 60.7 Å². The van der Waals surface area contributed by atoms with Gasteiger partial charge in [0.15, 0.2) is 4.80 Å². The number of benzene rings is 3. The Morgan fingerprint density at radius 3 is 2.28 bits per heavy atom. The standard InChI is InChI=1S/C28H29N3O3S2/c1-21-17-30(18-22(2)34-21)36(32,33)26-15-9-12-24(16-26)27-20-35-28(29-25-13-7-4-8-14-25)31(27)19-23-10-5-3-6-11-23/h3-16,20-22H,17-19H2,1-2H3/t21-,22+. The van der Waals surface area contributed by atoms with E-state index in [-0.39, 0.29) is 12.2 Å². The molecule has 2 atom stereocenters. The zero-order chi connectivity index (χ0) is 25.1. The van der Waals surface area contributed by atoms with Crippen molar-refractivity contribution in [3.05, 3.63) is 101 Å². The number of rotatable bonds is 6. The van der Waals surface area contributed by atoms with Crippen molar-refractivity contribution in [1.82, 2.24) is 8.87 Å². The summed E-state index contributed by atoms with van der Waals surface area (Å²) in [5, 5.41) is 2.05. The van der Waals surface area contributed by atoms with Crippen molar-refractivity contribution >= 4 is 27.0 Å². The lowest BCUT2D eigenvalue weighted by Crippen LogP contribution is -2.48. The Labute approximate surface area is 216 Å². The predicted molar refractivity (Wildman–Crippen MR) is 144 cm³/mol. The van der Waals surface area contributed by atoms with Gasteiger partial charge in [0.2, 0.25) is 10.0 Å². The lowest BCUT2D eigenvalue weighted by atomic mass is 10.1. The maximum atomic E-state index is 13.5. The van der Waals surface area contributed by atoms with Crippen molar-refractivity contribution in [1.29, 1.82) is 0 Å². The molecule has 0 amide bonds. The van der Waals surface area contributed by atoms with Crippen LogP contribution in [0.2, 0.25) is 0 Å². The Hall–Kier alpha value is -3.04. The molecule has 36 heavy (non-hydrogen) atoms. The summed E-state index contributed by atoms with van der Waals surface area (Å²) < 4.78 is 36.5. The predicted octanol–water partition coefficient (Wildman–Crippen LogP) is 5.30. The number of morpholine rings is 1. The molecule has 1 fully saturated rings. The van der Waals surface area contributed by atoms with E-state index in [1.165, 1.54) is 4.31 Å². The molecule has 3 aromatic carbocycles. The van der Waals surface area contributed by atoms with Crippen molar-refractivity contribution in [3.63, 3.8) is 0 Å². The maximum Gasteiger partial charge on any atom is 0.243 e. The van der Waals surface area contributed by atoms with Crippen LogP contribution in [0.3, 0.4) is 0 Å². The van der Waals surface area contributed by atoms with E-state index in [0.717, 1.165) is 27.3 Å². The summed E-state index contributed by atoms with van der Waals surface area (Å²) >= 11 is 1.55. The molecule has 0 aliphatic carbocycles. The molecule has 0 saturated carbocycles. The SMILES string of the molecule is C[C@@H]1CN(S(=O)(=O)c2cccc(-c3csc(=Nc4ccccc4)n3Cc3ccccc3)c2)C[C@H](C)O1. The van der Waals surface area contributed by atoms with Crippen LogP contribution in [0.15, 0.2) is 100 Å². The molecule has 1 aliphatic rings. The lowest BCUT2D eigenvalue weighted by molar-refractivity contribution is -0.0440. The van der Waals surface area contributed by atoms with Crippen LogP contribution >= 0.6 is 11.3 Å². The van der Waals surface area contributed by atoms with E-state index in [2.05, 4.69) is 22.1 Å². The summed E-state index contributed by atoms with van der Waals surface area (Å²) in [6, 6.07) is 27.3. The molecule has 0 radical (unpaired) electrons. The average molecular weight is 520 g/mol. The second kappa shape index (κ2) is 10.5. The molecule has 1 aliphatic heterocycles. The first-order valence-corrected chi connectivity index (χ1v) is 14.3. The second-order valence-electron chi connectivity index (χ2n) is 9.03. The lowest BCUT2D eigenvalue weighted by Gasteiger charge is -2.34. The number of aromatic nitrogens is 1. The van der Waals surface area contributed by atoms with Crippen LogP contribution in [-0.4, -0.2) is 42.6 Å². The van der Waals surface area contributed by atoms with Gasteiger partial charge in [0.25, 0.3) is 0 Å². The van der Waals surface area contributed by atoms with Crippen molar-refractivity contribution in [2.45, 2.75) is 37.5 Å². The third kappa shape index (κ3) is 5.37. The third-order valence-electron chi connectivity index (χ3n) is 6.12. The number of para-hydroxylation sites is 1. The van der Waals surface area contributed by atoms with Gasteiger partial charge in [0, 0.05) is 24.0 Å². The van der Waals surface area contributed by atoms with Gasteiger partial charge in [-0.05, 0) is 43.7 Å². The summed E-state index contributed by atoms with van der Waals surface area (Å²) in [7, 11) is -3.65. The molecule has 8 heteroatoms. The van der Waals surface area contributed by atoms with Crippen LogP contribution in [0.25, 0.3) is 11.3 Å². The first-order valence-electron chi connectivity index (χ1n) is 12.0. The van der Waals surface area contributed by atoms with Gasteiger partial charge in [-0.25, -0.2) is 13.4 Å². The maximum absolute atomic E-state index is 13.5. The summed E-state index contributed by atoms with van der Waals surface area (Å²) in [5.41, 5.74) is 3.79. The summed E-state index contributed by atoms with van der Waals surface area (Å²) in [5.74, 6) is 0. The van der Waals surface area contributed by atoms with Gasteiger partial charge < -0.3 is 9.30 Å². The van der Waals surface area contributed by atoms with E-state index in [0.29, 0.717) is 24.5 Å². The molecule has 1 saturated heterocycles. The van der Waals surface area contributed by atoms with E-state index in [1.807, 2.05) is 74.5 Å². The zero-order valence-electron chi connectivity index (χ0n) is 20.3. The minimum absolute atomic E-state index is 0.140. The fourth-order valence-corrected chi connectivity index (χ4v) is 7.04. The zero-order valence-corrected chi connectivity index (χ0v) is 22.0. The van der Waals surface area contributed by atoms with Crippen molar-refractivity contribution in [3.8, 4) is 11.3 Å². The van der Waals surface area contributed by atoms with Gasteiger partial charge in [0.1, 0.15) is 0 Å². The Kier molecular flexibility index (Phi) is 7.20. The van der Waals surface area contributed by atoms with Crippen molar-refractivity contribution in [2.24, 2.45) is 4.99 Å². The largest absolute Gasteiger partial charge is 0.373 e. The number of ether oxygens (including phenoxy) is 1. The van der Waals surface area contributed by atoms with Crippen molar-refractivity contribution in [2.75, 3.05) is 13.1 Å². The highest BCUT2D eigenvalue weighted by molar-refractivity contribution is 7.89. The highest BCUT2D eigenvalue weighted by Gasteiger charge is 2.32. The summed E-state index contributed by atoms with van der Waals surface area (Å²) in [4.78, 5) is 6.03. The molecule has 4 aromatic rings. The quantitative estimate of drug-likeness (QED) is 0.348. The fraction of sp³-hybridized carbons (Fsp3) is 0.250. The second-order valence-corrected chi connectivity index (χ2v) is 11.8. The molecule has 5 rings (SSSR count). The average Bonchev–Trinajstić information content (AvgIpc) is 3.26. The third-order valence-corrected chi connectivity index (χ3v) is 8.81. The van der Waals surface area contributed by atoms with Gasteiger partial charge >= 0.3 is 0 Å². The number of thiazole rings is 1. The first-order chi connectivity index (χ1) is 17.4. The summed E-state index contributed by atoms with van der Waals surface area (Å²) in [6.07, 6.45) is -0.280. The number of hydrogen-bond acceptors (Lipinski definition) is 5. The van der Waals surface area contributed by atoms with E-state index in [4.69, 9.17) is 9.73 Å². The van der Waals surface area contributed by atoms with E-state index >= 15 is 0 Å². The number of hydrogen-bond donors (Lipinski definition) is 0. The minimum Gasteiger partial charge on any atom is -0.373 e. The van der Waals surface area contributed by atoms with Gasteiger partial charge in [-0.3, -0.25) is 0 Å². The minimum atomic E-state index is -3.65. The van der Waals surface area contributed by atoms with E-state index in [1.54, 1.807) is 23.5 Å². The van der Waals surface area contributed by atoms with Crippen molar-refractivity contribution < 1.29 is 13.2 Å². The summed E-state index contributed by atoms with van der Waals surface area (Å²) in [6.45, 7) is 5.14. The fourth-order valence-electron chi connectivity index (χ4n) is 4.47. The number of sulfonamides is 1. The van der Waals surface area contributed by atoms with Crippen LogP contribution in [0.1, 0.15) is 19.4 Å². The van der Waals surface area contributed by atoms with Crippen LogP contribution < -0.4 is 4.80 Å². The molecule has 6 nitrogen and oxygen atoms in total. The molecule has 1 aromatic heterocycles.